The van der Waals surface area contributed by atoms with E-state index in [0.717, 1.165) is 24.2 Å². The third-order valence-corrected chi connectivity index (χ3v) is 2.48. The Morgan fingerprint density at radius 1 is 1.31 bits per heavy atom. The average molecular weight is 216 g/mol. The second-order valence-electron chi connectivity index (χ2n) is 3.79. The Balaban J connectivity index is 2.20. The van der Waals surface area contributed by atoms with Crippen LogP contribution in [-0.4, -0.2) is 15.0 Å². The molecule has 16 heavy (non-hydrogen) atoms. The Bertz CT molecular complexity index is 435. The first kappa shape index (κ1) is 10.8. The summed E-state index contributed by atoms with van der Waals surface area (Å²) in [5.41, 5.74) is 7.79. The summed E-state index contributed by atoms with van der Waals surface area (Å²) >= 11 is 0. The molecule has 1 heterocycles. The molecule has 2 rings (SSSR count). The Hall–Kier alpha value is -1.68. The summed E-state index contributed by atoms with van der Waals surface area (Å²) in [5.74, 6) is 0. The molecule has 2 N–H and O–H groups in total. The Morgan fingerprint density at radius 2 is 2.06 bits per heavy atom. The summed E-state index contributed by atoms with van der Waals surface area (Å²) in [5, 5.41) is 8.59. The van der Waals surface area contributed by atoms with Crippen molar-refractivity contribution in [1.82, 2.24) is 15.0 Å². The maximum Gasteiger partial charge on any atom is 0.0998 e. The lowest BCUT2D eigenvalue weighted by atomic mass is 10.1. The molecule has 0 aliphatic rings. The number of hydrogen-bond donors (Lipinski definition) is 1. The number of nitrogens with two attached hydrogens (primary N) is 1. The fourth-order valence-corrected chi connectivity index (χ4v) is 1.59. The van der Waals surface area contributed by atoms with Crippen molar-refractivity contribution < 1.29 is 0 Å². The van der Waals surface area contributed by atoms with Crippen molar-refractivity contribution in [3.63, 3.8) is 0 Å². The first-order valence-corrected chi connectivity index (χ1v) is 5.54. The Morgan fingerprint density at radius 3 is 2.75 bits per heavy atom. The number of rotatable bonds is 4. The van der Waals surface area contributed by atoms with Crippen LogP contribution in [0.5, 0.6) is 0 Å². The fraction of sp³-hybridized carbons (Fsp3) is 0.333. The lowest BCUT2D eigenvalue weighted by Gasteiger charge is -2.04. The van der Waals surface area contributed by atoms with Gasteiger partial charge in [0.2, 0.25) is 0 Å². The smallest absolute Gasteiger partial charge is 0.0998 e. The van der Waals surface area contributed by atoms with Crippen molar-refractivity contribution in [2.24, 2.45) is 5.73 Å². The van der Waals surface area contributed by atoms with Crippen molar-refractivity contribution in [3.05, 3.63) is 42.2 Å². The Labute approximate surface area is 95.1 Å². The number of hydrogen-bond acceptors (Lipinski definition) is 3. The maximum atomic E-state index is 5.98. The summed E-state index contributed by atoms with van der Waals surface area (Å²) in [6.45, 7) is 2.11. The van der Waals surface area contributed by atoms with Crippen molar-refractivity contribution >= 4 is 0 Å². The average Bonchev–Trinajstić information content (AvgIpc) is 2.80. The minimum Gasteiger partial charge on any atom is -0.323 e. The van der Waals surface area contributed by atoms with Crippen LogP contribution >= 0.6 is 0 Å². The van der Waals surface area contributed by atoms with E-state index in [1.165, 1.54) is 0 Å². The normalized spacial score (nSPS) is 12.6. The van der Waals surface area contributed by atoms with Gasteiger partial charge in [-0.15, -0.1) is 0 Å². The molecule has 84 valence electrons. The van der Waals surface area contributed by atoms with E-state index in [-0.39, 0.29) is 6.04 Å². The van der Waals surface area contributed by atoms with Crippen molar-refractivity contribution in [2.45, 2.75) is 25.8 Å². The monoisotopic (exact) mass is 216 g/mol. The molecule has 0 saturated carbocycles. The predicted molar refractivity (Wildman–Crippen MR) is 63.2 cm³/mol. The molecule has 0 aliphatic heterocycles. The largest absolute Gasteiger partial charge is 0.323 e. The van der Waals surface area contributed by atoms with E-state index in [1.54, 1.807) is 11.0 Å². The van der Waals surface area contributed by atoms with Crippen LogP contribution in [0.2, 0.25) is 0 Å². The highest BCUT2D eigenvalue weighted by atomic mass is 15.5. The number of benzene rings is 1. The van der Waals surface area contributed by atoms with Crippen LogP contribution in [-0.2, 0) is 0 Å². The lowest BCUT2D eigenvalue weighted by Crippen LogP contribution is -2.11. The molecule has 0 bridgehead atoms. The lowest BCUT2D eigenvalue weighted by molar-refractivity contribution is 0.609. The van der Waals surface area contributed by atoms with Gasteiger partial charge in [0.05, 0.1) is 23.6 Å². The van der Waals surface area contributed by atoms with Crippen molar-refractivity contribution in [3.8, 4) is 5.69 Å². The fourth-order valence-electron chi connectivity index (χ4n) is 1.59. The zero-order valence-electron chi connectivity index (χ0n) is 9.37. The molecule has 2 aromatic rings. The van der Waals surface area contributed by atoms with Gasteiger partial charge in [-0.2, -0.15) is 15.0 Å². The van der Waals surface area contributed by atoms with Crippen LogP contribution in [0.1, 0.15) is 31.5 Å². The highest BCUT2D eigenvalue weighted by molar-refractivity contribution is 5.28. The van der Waals surface area contributed by atoms with E-state index >= 15 is 0 Å². The van der Waals surface area contributed by atoms with E-state index in [0.29, 0.717) is 0 Å². The third-order valence-electron chi connectivity index (χ3n) is 2.48. The van der Waals surface area contributed by atoms with Gasteiger partial charge in [-0.1, -0.05) is 31.5 Å². The van der Waals surface area contributed by atoms with Crippen LogP contribution in [0.15, 0.2) is 36.5 Å². The van der Waals surface area contributed by atoms with Crippen LogP contribution in [0.4, 0.5) is 0 Å². The standard InChI is InChI=1S/C12H16N4/c1-2-6-11(13)12-9-14-16(15-12)10-7-4-3-5-8-10/h3-5,7-9,11H,2,6,13H2,1H3. The second-order valence-corrected chi connectivity index (χ2v) is 3.79. The van der Waals surface area contributed by atoms with Gasteiger partial charge in [-0.3, -0.25) is 0 Å². The second kappa shape index (κ2) is 4.90. The van der Waals surface area contributed by atoms with E-state index in [1.807, 2.05) is 30.3 Å². The summed E-state index contributed by atoms with van der Waals surface area (Å²) in [7, 11) is 0. The SMILES string of the molecule is CCCC(N)c1cnn(-c2ccccc2)n1. The number of nitrogens with zero attached hydrogens (tertiary/aromatic N) is 3. The molecule has 0 aliphatic carbocycles. The van der Waals surface area contributed by atoms with Gasteiger partial charge in [-0.25, -0.2) is 0 Å². The molecular weight excluding hydrogens is 200 g/mol. The highest BCUT2D eigenvalue weighted by Gasteiger charge is 2.09. The quantitative estimate of drug-likeness (QED) is 0.851. The number of aromatic nitrogens is 3. The van der Waals surface area contributed by atoms with E-state index in [2.05, 4.69) is 17.1 Å². The van der Waals surface area contributed by atoms with Gasteiger partial charge >= 0.3 is 0 Å². The molecule has 4 nitrogen and oxygen atoms in total. The Kier molecular flexibility index (Phi) is 3.31. The molecule has 4 heteroatoms. The zero-order chi connectivity index (χ0) is 11.4. The molecule has 1 aromatic heterocycles. The minimum atomic E-state index is -0.0116. The highest BCUT2D eigenvalue weighted by Crippen LogP contribution is 2.13. The summed E-state index contributed by atoms with van der Waals surface area (Å²) in [6, 6.07) is 9.82. The van der Waals surface area contributed by atoms with E-state index < -0.39 is 0 Å². The molecule has 0 spiro atoms. The van der Waals surface area contributed by atoms with Gasteiger partial charge in [-0.05, 0) is 18.6 Å². The van der Waals surface area contributed by atoms with Crippen molar-refractivity contribution in [1.29, 1.82) is 0 Å². The summed E-state index contributed by atoms with van der Waals surface area (Å²) in [6.07, 6.45) is 3.74. The van der Waals surface area contributed by atoms with Crippen molar-refractivity contribution in [2.75, 3.05) is 0 Å². The topological polar surface area (TPSA) is 56.7 Å². The van der Waals surface area contributed by atoms with E-state index in [9.17, 15) is 0 Å². The zero-order valence-corrected chi connectivity index (χ0v) is 9.37. The molecular formula is C12H16N4. The van der Waals surface area contributed by atoms with Gasteiger partial charge in [0, 0.05) is 0 Å². The predicted octanol–water partition coefficient (Wildman–Crippen LogP) is 2.07. The van der Waals surface area contributed by atoms with E-state index in [4.69, 9.17) is 5.73 Å². The van der Waals surface area contributed by atoms with Crippen LogP contribution < -0.4 is 5.73 Å². The third kappa shape index (κ3) is 2.28. The first-order chi connectivity index (χ1) is 7.81. The van der Waals surface area contributed by atoms with Gasteiger partial charge in [0.1, 0.15) is 0 Å². The summed E-state index contributed by atoms with van der Waals surface area (Å²) in [4.78, 5) is 1.62. The number of para-hydroxylation sites is 1. The minimum absolute atomic E-state index is 0.0116. The molecule has 0 radical (unpaired) electrons. The van der Waals surface area contributed by atoms with Gasteiger partial charge in [0.25, 0.3) is 0 Å². The maximum absolute atomic E-state index is 5.98. The van der Waals surface area contributed by atoms with Crippen LogP contribution in [0.25, 0.3) is 5.69 Å². The molecule has 1 aromatic carbocycles. The summed E-state index contributed by atoms with van der Waals surface area (Å²) < 4.78 is 0. The molecule has 1 atom stereocenters. The van der Waals surface area contributed by atoms with Crippen LogP contribution in [0, 0.1) is 0 Å². The molecule has 0 fully saturated rings. The molecule has 0 saturated heterocycles. The van der Waals surface area contributed by atoms with Crippen LogP contribution in [0.3, 0.4) is 0 Å². The molecule has 0 amide bonds. The van der Waals surface area contributed by atoms with Gasteiger partial charge < -0.3 is 5.73 Å². The molecule has 1 unspecified atom stereocenters. The van der Waals surface area contributed by atoms with Gasteiger partial charge in [0.15, 0.2) is 0 Å². The first-order valence-electron chi connectivity index (χ1n) is 5.54.